The fraction of sp³-hybridized carbons (Fsp3) is 0.250. The monoisotopic (exact) mass is 383 g/mol. The van der Waals surface area contributed by atoms with Crippen LogP contribution in [0.5, 0.6) is 0 Å². The molecule has 4 rings (SSSR count). The van der Waals surface area contributed by atoms with Crippen molar-refractivity contribution in [1.29, 1.82) is 0 Å². The summed E-state index contributed by atoms with van der Waals surface area (Å²) in [7, 11) is 0. The van der Waals surface area contributed by atoms with Crippen molar-refractivity contribution < 1.29 is 13.6 Å². The maximum atomic E-state index is 13.4. The van der Waals surface area contributed by atoms with Crippen LogP contribution in [0.4, 0.5) is 14.6 Å². The predicted molar refractivity (Wildman–Crippen MR) is 101 cm³/mol. The van der Waals surface area contributed by atoms with Gasteiger partial charge in [0.1, 0.15) is 0 Å². The number of aromatic amines is 1. The third kappa shape index (κ3) is 3.85. The largest absolute Gasteiger partial charge is 0.353 e. The van der Waals surface area contributed by atoms with Gasteiger partial charge in [0, 0.05) is 48.7 Å². The highest BCUT2D eigenvalue weighted by molar-refractivity contribution is 5.94. The Kier molecular flexibility index (Phi) is 5.01. The Morgan fingerprint density at radius 1 is 1.14 bits per heavy atom. The summed E-state index contributed by atoms with van der Waals surface area (Å²) in [6.07, 6.45) is 5.15. The average molecular weight is 383 g/mol. The quantitative estimate of drug-likeness (QED) is 0.726. The SMILES string of the molecule is O=C(N[C@@H]1CCCN(c2cc(-c3ccncc3)[nH]n2)C1)c1ccc(F)c(F)c1. The molecule has 1 aliphatic rings. The lowest BCUT2D eigenvalue weighted by atomic mass is 10.0. The van der Waals surface area contributed by atoms with Crippen molar-refractivity contribution >= 4 is 11.7 Å². The number of carbonyl (C=O) groups excluding carboxylic acids is 1. The number of nitrogens with one attached hydrogen (secondary N) is 2. The van der Waals surface area contributed by atoms with Crippen molar-refractivity contribution in [2.45, 2.75) is 18.9 Å². The fourth-order valence-electron chi connectivity index (χ4n) is 3.36. The van der Waals surface area contributed by atoms with Crippen LogP contribution in [0.3, 0.4) is 0 Å². The first-order valence-electron chi connectivity index (χ1n) is 9.07. The van der Waals surface area contributed by atoms with Gasteiger partial charge in [-0.25, -0.2) is 8.78 Å². The lowest BCUT2D eigenvalue weighted by Crippen LogP contribution is -2.48. The zero-order valence-corrected chi connectivity index (χ0v) is 15.0. The van der Waals surface area contributed by atoms with Crippen molar-refractivity contribution in [3.8, 4) is 11.3 Å². The summed E-state index contributed by atoms with van der Waals surface area (Å²) in [4.78, 5) is 18.5. The van der Waals surface area contributed by atoms with Crippen LogP contribution in [0.1, 0.15) is 23.2 Å². The Hall–Kier alpha value is -3.29. The van der Waals surface area contributed by atoms with Crippen LogP contribution in [0.2, 0.25) is 0 Å². The molecule has 1 aromatic carbocycles. The second kappa shape index (κ2) is 7.75. The zero-order valence-electron chi connectivity index (χ0n) is 15.0. The predicted octanol–water partition coefficient (Wildman–Crippen LogP) is 3.15. The Labute approximate surface area is 160 Å². The Bertz CT molecular complexity index is 976. The standard InChI is InChI=1S/C20H19F2N5O/c21-16-4-3-14(10-17(16)22)20(28)24-15-2-1-9-27(12-15)19-11-18(25-26-19)13-5-7-23-8-6-13/h3-8,10-11,15H,1-2,9,12H2,(H,24,28)(H,25,26)/t15-/m1/s1. The first-order valence-corrected chi connectivity index (χ1v) is 9.07. The van der Waals surface area contributed by atoms with Crippen LogP contribution >= 0.6 is 0 Å². The average Bonchev–Trinajstić information content (AvgIpc) is 3.21. The van der Waals surface area contributed by atoms with E-state index in [0.717, 1.165) is 48.6 Å². The van der Waals surface area contributed by atoms with E-state index in [2.05, 4.69) is 25.4 Å². The van der Waals surface area contributed by atoms with Gasteiger partial charge in [-0.3, -0.25) is 14.9 Å². The fourth-order valence-corrected chi connectivity index (χ4v) is 3.36. The summed E-state index contributed by atoms with van der Waals surface area (Å²) < 4.78 is 26.4. The second-order valence-electron chi connectivity index (χ2n) is 6.76. The van der Waals surface area contributed by atoms with E-state index in [0.29, 0.717) is 6.54 Å². The van der Waals surface area contributed by atoms with Gasteiger partial charge in [-0.2, -0.15) is 5.10 Å². The molecule has 6 nitrogen and oxygen atoms in total. The molecule has 0 bridgehead atoms. The highest BCUT2D eigenvalue weighted by atomic mass is 19.2. The number of aromatic nitrogens is 3. The summed E-state index contributed by atoms with van der Waals surface area (Å²) in [5.74, 6) is -1.61. The summed E-state index contributed by atoms with van der Waals surface area (Å²) in [5.41, 5.74) is 2.00. The molecular weight excluding hydrogens is 364 g/mol. The molecule has 0 saturated carbocycles. The van der Waals surface area contributed by atoms with E-state index < -0.39 is 17.5 Å². The van der Waals surface area contributed by atoms with Crippen molar-refractivity contribution in [3.63, 3.8) is 0 Å². The van der Waals surface area contributed by atoms with Crippen molar-refractivity contribution in [2.24, 2.45) is 0 Å². The number of hydrogen-bond acceptors (Lipinski definition) is 4. The first-order chi connectivity index (χ1) is 13.6. The topological polar surface area (TPSA) is 73.9 Å². The van der Waals surface area contributed by atoms with Crippen LogP contribution in [-0.2, 0) is 0 Å². The summed E-state index contributed by atoms with van der Waals surface area (Å²) in [6, 6.07) is 8.83. The number of nitrogens with zero attached hydrogens (tertiary/aromatic N) is 3. The van der Waals surface area contributed by atoms with E-state index in [1.54, 1.807) is 12.4 Å². The number of anilines is 1. The van der Waals surface area contributed by atoms with Gasteiger partial charge in [-0.1, -0.05) is 0 Å². The van der Waals surface area contributed by atoms with Crippen LogP contribution < -0.4 is 10.2 Å². The van der Waals surface area contributed by atoms with E-state index in [1.807, 2.05) is 18.2 Å². The van der Waals surface area contributed by atoms with E-state index in [-0.39, 0.29) is 11.6 Å². The number of benzene rings is 1. The molecule has 8 heteroatoms. The molecule has 1 fully saturated rings. The molecule has 3 heterocycles. The van der Waals surface area contributed by atoms with E-state index in [4.69, 9.17) is 0 Å². The minimum atomic E-state index is -1.03. The van der Waals surface area contributed by atoms with Crippen molar-refractivity contribution in [2.75, 3.05) is 18.0 Å². The number of pyridine rings is 1. The van der Waals surface area contributed by atoms with Crippen LogP contribution in [0.25, 0.3) is 11.3 Å². The van der Waals surface area contributed by atoms with Gasteiger partial charge in [0.15, 0.2) is 17.5 Å². The molecule has 1 atom stereocenters. The molecule has 0 aliphatic carbocycles. The Balaban J connectivity index is 1.42. The molecular formula is C20H19F2N5O. The number of hydrogen-bond donors (Lipinski definition) is 2. The maximum Gasteiger partial charge on any atom is 0.251 e. The van der Waals surface area contributed by atoms with E-state index >= 15 is 0 Å². The molecule has 1 saturated heterocycles. The molecule has 2 N–H and O–H groups in total. The third-order valence-electron chi connectivity index (χ3n) is 4.82. The molecule has 2 aromatic heterocycles. The molecule has 0 unspecified atom stereocenters. The van der Waals surface area contributed by atoms with E-state index in [9.17, 15) is 13.6 Å². The van der Waals surface area contributed by atoms with Gasteiger partial charge in [0.25, 0.3) is 5.91 Å². The number of halogens is 2. The minimum Gasteiger partial charge on any atom is -0.353 e. The summed E-state index contributed by atoms with van der Waals surface area (Å²) in [6.45, 7) is 1.42. The highest BCUT2D eigenvalue weighted by Gasteiger charge is 2.24. The lowest BCUT2D eigenvalue weighted by molar-refractivity contribution is 0.0932. The number of rotatable bonds is 4. The van der Waals surface area contributed by atoms with Gasteiger partial charge >= 0.3 is 0 Å². The van der Waals surface area contributed by atoms with E-state index in [1.165, 1.54) is 6.07 Å². The second-order valence-corrected chi connectivity index (χ2v) is 6.76. The van der Waals surface area contributed by atoms with Gasteiger partial charge in [0.05, 0.1) is 5.69 Å². The summed E-state index contributed by atoms with van der Waals surface area (Å²) in [5, 5.41) is 10.3. The molecule has 28 heavy (non-hydrogen) atoms. The zero-order chi connectivity index (χ0) is 19.5. The molecule has 0 radical (unpaired) electrons. The Morgan fingerprint density at radius 2 is 1.96 bits per heavy atom. The van der Waals surface area contributed by atoms with Crippen molar-refractivity contribution in [1.82, 2.24) is 20.5 Å². The molecule has 1 amide bonds. The lowest BCUT2D eigenvalue weighted by Gasteiger charge is -2.33. The van der Waals surface area contributed by atoms with Gasteiger partial charge in [-0.15, -0.1) is 0 Å². The van der Waals surface area contributed by atoms with Crippen LogP contribution in [0, 0.1) is 11.6 Å². The minimum absolute atomic E-state index is 0.101. The normalized spacial score (nSPS) is 16.8. The number of amides is 1. The smallest absolute Gasteiger partial charge is 0.251 e. The molecule has 1 aliphatic heterocycles. The number of piperidine rings is 1. The number of carbonyl (C=O) groups is 1. The third-order valence-corrected chi connectivity index (χ3v) is 4.82. The molecule has 144 valence electrons. The van der Waals surface area contributed by atoms with Crippen LogP contribution in [-0.4, -0.2) is 40.2 Å². The number of H-pyrrole nitrogens is 1. The Morgan fingerprint density at radius 3 is 2.75 bits per heavy atom. The maximum absolute atomic E-state index is 13.4. The first kappa shape index (κ1) is 18.1. The molecule has 3 aromatic rings. The van der Waals surface area contributed by atoms with Gasteiger partial charge < -0.3 is 10.2 Å². The summed E-state index contributed by atoms with van der Waals surface area (Å²) >= 11 is 0. The van der Waals surface area contributed by atoms with Gasteiger partial charge in [0.2, 0.25) is 0 Å². The van der Waals surface area contributed by atoms with Crippen molar-refractivity contribution in [3.05, 3.63) is 66.0 Å². The van der Waals surface area contributed by atoms with Gasteiger partial charge in [-0.05, 0) is 43.2 Å². The highest BCUT2D eigenvalue weighted by Crippen LogP contribution is 2.24. The van der Waals surface area contributed by atoms with Crippen LogP contribution in [0.15, 0.2) is 48.8 Å². The molecule has 0 spiro atoms.